The van der Waals surface area contributed by atoms with Gasteiger partial charge < -0.3 is 20.2 Å². The number of carbonyl (C=O) groups excluding carboxylic acids is 1. The van der Waals surface area contributed by atoms with Crippen molar-refractivity contribution in [2.45, 2.75) is 13.0 Å². The maximum absolute atomic E-state index is 11.8. The van der Waals surface area contributed by atoms with Crippen LogP contribution in [0.1, 0.15) is 5.89 Å². The number of nitrogens with two attached hydrogens (primary N) is 1. The summed E-state index contributed by atoms with van der Waals surface area (Å²) in [5, 5.41) is 9.42. The molecular weight excluding hydrogens is 234 g/mol. The van der Waals surface area contributed by atoms with Gasteiger partial charge in [0, 0.05) is 32.3 Å². The van der Waals surface area contributed by atoms with Gasteiger partial charge in [-0.2, -0.15) is 0 Å². The first-order valence-corrected chi connectivity index (χ1v) is 5.56. The Labute approximate surface area is 104 Å². The number of anilines is 1. The zero-order valence-electron chi connectivity index (χ0n) is 10.3. The van der Waals surface area contributed by atoms with Gasteiger partial charge in [-0.15, -0.1) is 0 Å². The second-order valence-electron chi connectivity index (χ2n) is 4.03. The van der Waals surface area contributed by atoms with Crippen molar-refractivity contribution in [3.63, 3.8) is 0 Å². The van der Waals surface area contributed by atoms with Gasteiger partial charge >= 0.3 is 0 Å². The minimum Gasteiger partial charge on any atom is -0.441 e. The zero-order chi connectivity index (χ0) is 13.3. The first-order chi connectivity index (χ1) is 8.52. The normalized spacial score (nSPS) is 12.7. The lowest BCUT2D eigenvalue weighted by atomic mass is 10.2. The molecule has 0 radical (unpaired) electrons. The Hall–Kier alpha value is -1.92. The summed E-state index contributed by atoms with van der Waals surface area (Å²) in [7, 11) is 1.58. The summed E-state index contributed by atoms with van der Waals surface area (Å²) < 4.78 is 5.39. The molecule has 18 heavy (non-hydrogen) atoms. The molecule has 1 amide bonds. The molecule has 0 saturated carbocycles. The molecule has 0 aliphatic rings. The van der Waals surface area contributed by atoms with Crippen molar-refractivity contribution in [3.05, 3.63) is 24.1 Å². The molecule has 0 spiro atoms. The monoisotopic (exact) mass is 249 g/mol. The van der Waals surface area contributed by atoms with Crippen molar-refractivity contribution >= 4 is 22.7 Å². The van der Waals surface area contributed by atoms with Gasteiger partial charge in [0.25, 0.3) is 5.91 Å². The second-order valence-corrected chi connectivity index (χ2v) is 4.03. The number of rotatable bonds is 3. The summed E-state index contributed by atoms with van der Waals surface area (Å²) in [6.45, 7) is 1.65. The van der Waals surface area contributed by atoms with Crippen LogP contribution in [-0.4, -0.2) is 35.7 Å². The molecule has 6 nitrogen and oxygen atoms in total. The fourth-order valence-corrected chi connectivity index (χ4v) is 1.69. The number of fused-ring (bicyclic) bond motifs is 1. The summed E-state index contributed by atoms with van der Waals surface area (Å²) in [5.41, 5.74) is 7.21. The lowest BCUT2D eigenvalue weighted by molar-refractivity contribution is -0.125. The highest BCUT2D eigenvalue weighted by Crippen LogP contribution is 2.22. The number of nitrogens with zero attached hydrogens (tertiary/aromatic N) is 2. The van der Waals surface area contributed by atoms with Crippen LogP contribution in [-0.2, 0) is 4.79 Å². The van der Waals surface area contributed by atoms with Crippen LogP contribution in [0.5, 0.6) is 0 Å². The molecule has 0 aliphatic heterocycles. The van der Waals surface area contributed by atoms with Crippen LogP contribution in [0.3, 0.4) is 0 Å². The third-order valence-electron chi connectivity index (χ3n) is 2.71. The van der Waals surface area contributed by atoms with E-state index in [2.05, 4.69) is 4.98 Å². The predicted octanol–water partition coefficient (Wildman–Crippen LogP) is 0.419. The smallest absolute Gasteiger partial charge is 0.256 e. The van der Waals surface area contributed by atoms with Crippen molar-refractivity contribution < 1.29 is 14.3 Å². The van der Waals surface area contributed by atoms with E-state index < -0.39 is 12.0 Å². The number of aryl methyl sites for hydroxylation is 1. The Morgan fingerprint density at radius 2 is 2.33 bits per heavy atom. The van der Waals surface area contributed by atoms with Gasteiger partial charge in [0.05, 0.1) is 0 Å². The van der Waals surface area contributed by atoms with Gasteiger partial charge in [0.15, 0.2) is 11.5 Å². The topological polar surface area (TPSA) is 92.6 Å². The molecule has 0 fully saturated rings. The van der Waals surface area contributed by atoms with E-state index in [4.69, 9.17) is 10.2 Å². The van der Waals surface area contributed by atoms with Crippen LogP contribution in [0, 0.1) is 6.92 Å². The van der Waals surface area contributed by atoms with Crippen molar-refractivity contribution in [3.8, 4) is 0 Å². The summed E-state index contributed by atoms with van der Waals surface area (Å²) in [5.74, 6) is 0.117. The van der Waals surface area contributed by atoms with E-state index in [0.717, 1.165) is 5.52 Å². The highest BCUT2D eigenvalue weighted by molar-refractivity contribution is 5.97. The van der Waals surface area contributed by atoms with E-state index in [1.807, 2.05) is 0 Å². The average Bonchev–Trinajstić information content (AvgIpc) is 2.74. The van der Waals surface area contributed by atoms with Crippen molar-refractivity contribution in [2.24, 2.45) is 5.73 Å². The Morgan fingerprint density at radius 1 is 1.61 bits per heavy atom. The lowest BCUT2D eigenvalue weighted by Gasteiger charge is -2.19. The third-order valence-corrected chi connectivity index (χ3v) is 2.71. The number of aliphatic hydroxyl groups excluding tert-OH is 1. The minimum atomic E-state index is -1.19. The maximum atomic E-state index is 11.8. The van der Waals surface area contributed by atoms with Crippen LogP contribution in [0.15, 0.2) is 22.6 Å². The number of carbonyl (C=O) groups is 1. The van der Waals surface area contributed by atoms with Gasteiger partial charge in [0.2, 0.25) is 0 Å². The molecule has 2 aromatic rings. The Balaban J connectivity index is 2.32. The summed E-state index contributed by atoms with van der Waals surface area (Å²) in [6, 6.07) is 5.21. The van der Waals surface area contributed by atoms with Crippen molar-refractivity contribution in [2.75, 3.05) is 18.5 Å². The van der Waals surface area contributed by atoms with E-state index in [9.17, 15) is 9.90 Å². The molecule has 0 aliphatic carbocycles. The Morgan fingerprint density at radius 3 is 3.00 bits per heavy atom. The minimum absolute atomic E-state index is 0.104. The number of hydrogen-bond acceptors (Lipinski definition) is 5. The standard InChI is InChI=1S/C12H15N3O3/c1-7-14-9-4-3-8(5-11(9)18-7)15(2)12(17)10(16)6-13/h3-5,10,16H,6,13H2,1-2H3. The molecule has 6 heteroatoms. The first-order valence-electron chi connectivity index (χ1n) is 5.56. The van der Waals surface area contributed by atoms with Gasteiger partial charge in [-0.3, -0.25) is 4.79 Å². The number of benzene rings is 1. The Bertz CT molecular complexity index is 579. The lowest BCUT2D eigenvalue weighted by Crippen LogP contribution is -2.40. The fourth-order valence-electron chi connectivity index (χ4n) is 1.69. The number of amides is 1. The number of oxazole rings is 1. The molecule has 1 aromatic heterocycles. The molecule has 1 aromatic carbocycles. The highest BCUT2D eigenvalue weighted by atomic mass is 16.3. The molecule has 0 saturated heterocycles. The van der Waals surface area contributed by atoms with Gasteiger partial charge in [0.1, 0.15) is 11.6 Å². The van der Waals surface area contributed by atoms with Gasteiger partial charge in [-0.05, 0) is 12.1 Å². The van der Waals surface area contributed by atoms with Crippen molar-refractivity contribution in [1.29, 1.82) is 0 Å². The molecule has 3 N–H and O–H groups in total. The van der Waals surface area contributed by atoms with Crippen LogP contribution >= 0.6 is 0 Å². The SMILES string of the molecule is Cc1nc2ccc(N(C)C(=O)C(O)CN)cc2o1. The largest absolute Gasteiger partial charge is 0.441 e. The summed E-state index contributed by atoms with van der Waals surface area (Å²) in [6.07, 6.45) is -1.19. The van der Waals surface area contributed by atoms with E-state index in [0.29, 0.717) is 17.2 Å². The van der Waals surface area contributed by atoms with Crippen LogP contribution in [0.2, 0.25) is 0 Å². The number of likely N-dealkylation sites (N-methyl/N-ethyl adjacent to an activating group) is 1. The molecule has 1 atom stereocenters. The van der Waals surface area contributed by atoms with Crippen LogP contribution in [0.4, 0.5) is 5.69 Å². The number of aliphatic hydroxyl groups is 1. The van der Waals surface area contributed by atoms with E-state index in [1.54, 1.807) is 32.2 Å². The summed E-state index contributed by atoms with van der Waals surface area (Å²) in [4.78, 5) is 17.3. The first kappa shape index (κ1) is 12.5. The quantitative estimate of drug-likeness (QED) is 0.822. The molecule has 1 unspecified atom stereocenters. The predicted molar refractivity (Wildman–Crippen MR) is 67.2 cm³/mol. The van der Waals surface area contributed by atoms with Crippen molar-refractivity contribution in [1.82, 2.24) is 4.98 Å². The van der Waals surface area contributed by atoms with E-state index in [1.165, 1.54) is 4.90 Å². The molecular formula is C12H15N3O3. The van der Waals surface area contributed by atoms with Crippen LogP contribution in [0.25, 0.3) is 11.1 Å². The van der Waals surface area contributed by atoms with Crippen LogP contribution < -0.4 is 10.6 Å². The Kier molecular flexibility index (Phi) is 3.31. The third kappa shape index (κ3) is 2.20. The molecule has 1 heterocycles. The maximum Gasteiger partial charge on any atom is 0.256 e. The molecule has 96 valence electrons. The fraction of sp³-hybridized carbons (Fsp3) is 0.333. The highest BCUT2D eigenvalue weighted by Gasteiger charge is 2.19. The summed E-state index contributed by atoms with van der Waals surface area (Å²) >= 11 is 0. The molecule has 0 bridgehead atoms. The van der Waals surface area contributed by atoms with Gasteiger partial charge in [-0.1, -0.05) is 0 Å². The zero-order valence-corrected chi connectivity index (χ0v) is 10.3. The second kappa shape index (κ2) is 4.75. The van der Waals surface area contributed by atoms with Gasteiger partial charge in [-0.25, -0.2) is 4.98 Å². The van der Waals surface area contributed by atoms with E-state index >= 15 is 0 Å². The average molecular weight is 249 g/mol. The number of aromatic nitrogens is 1. The molecule has 2 rings (SSSR count). The van der Waals surface area contributed by atoms with E-state index in [-0.39, 0.29) is 6.54 Å². The number of hydrogen-bond donors (Lipinski definition) is 2.